The Morgan fingerprint density at radius 2 is 1.67 bits per heavy atom. The molecule has 0 aliphatic carbocycles. The number of rotatable bonds is 4. The van der Waals surface area contributed by atoms with Gasteiger partial charge in [-0.15, -0.1) is 0 Å². The smallest absolute Gasteiger partial charge is 0.228 e. The van der Waals surface area contributed by atoms with Crippen LogP contribution in [-0.4, -0.2) is 42.0 Å². The average Bonchev–Trinajstić information content (AvgIpc) is 2.62. The summed E-state index contributed by atoms with van der Waals surface area (Å²) in [7, 11) is 0. The molecule has 1 aliphatic rings. The molecule has 1 aromatic carbocycles. The Labute approximate surface area is 144 Å². The molecule has 1 aliphatic heterocycles. The molecule has 2 aromatic rings. The molecule has 24 heavy (non-hydrogen) atoms. The molecule has 0 bridgehead atoms. The van der Waals surface area contributed by atoms with E-state index >= 15 is 0 Å². The Balaban J connectivity index is 1.60. The standard InChI is InChI=1S/C20H25N3O/c1-20(2,16-17-8-4-3-5-9-17)19(24)23-14-12-22(13-15-23)18-10-6-7-11-21-18/h3-11H,12-16H2,1-2H3. The van der Waals surface area contributed by atoms with Crippen molar-refractivity contribution in [3.63, 3.8) is 0 Å². The van der Waals surface area contributed by atoms with Crippen molar-refractivity contribution in [1.82, 2.24) is 9.88 Å². The van der Waals surface area contributed by atoms with E-state index < -0.39 is 0 Å². The fourth-order valence-corrected chi connectivity index (χ4v) is 3.29. The number of nitrogens with zero attached hydrogens (tertiary/aromatic N) is 3. The maximum atomic E-state index is 13.0. The highest BCUT2D eigenvalue weighted by molar-refractivity contribution is 5.82. The number of hydrogen-bond donors (Lipinski definition) is 0. The third kappa shape index (κ3) is 3.75. The minimum Gasteiger partial charge on any atom is -0.353 e. The van der Waals surface area contributed by atoms with Crippen LogP contribution in [0.15, 0.2) is 54.7 Å². The van der Waals surface area contributed by atoms with Gasteiger partial charge in [-0.3, -0.25) is 4.79 Å². The van der Waals surface area contributed by atoms with Crippen LogP contribution < -0.4 is 4.90 Å². The maximum Gasteiger partial charge on any atom is 0.228 e. The summed E-state index contributed by atoms with van der Waals surface area (Å²) in [6, 6.07) is 16.2. The van der Waals surface area contributed by atoms with E-state index in [0.29, 0.717) is 0 Å². The molecule has 2 heterocycles. The van der Waals surface area contributed by atoms with Gasteiger partial charge in [0.05, 0.1) is 0 Å². The van der Waals surface area contributed by atoms with Crippen LogP contribution in [0.4, 0.5) is 5.82 Å². The molecule has 126 valence electrons. The predicted octanol–water partition coefficient (Wildman–Crippen LogP) is 3.00. The van der Waals surface area contributed by atoms with Crippen molar-refractivity contribution in [3.05, 3.63) is 60.3 Å². The molecule has 1 saturated heterocycles. The Morgan fingerprint density at radius 3 is 2.29 bits per heavy atom. The van der Waals surface area contributed by atoms with Crippen molar-refractivity contribution >= 4 is 11.7 Å². The summed E-state index contributed by atoms with van der Waals surface area (Å²) < 4.78 is 0. The molecule has 0 saturated carbocycles. The van der Waals surface area contributed by atoms with E-state index in [1.54, 1.807) is 0 Å². The summed E-state index contributed by atoms with van der Waals surface area (Å²) in [6.45, 7) is 7.29. The summed E-state index contributed by atoms with van der Waals surface area (Å²) >= 11 is 0. The third-order valence-electron chi connectivity index (χ3n) is 4.61. The normalized spacial score (nSPS) is 15.4. The van der Waals surface area contributed by atoms with E-state index in [-0.39, 0.29) is 11.3 Å². The zero-order valence-corrected chi connectivity index (χ0v) is 14.5. The average molecular weight is 323 g/mol. The first-order chi connectivity index (χ1) is 11.6. The SMILES string of the molecule is CC(C)(Cc1ccccc1)C(=O)N1CCN(c2ccccn2)CC1. The molecule has 4 nitrogen and oxygen atoms in total. The molecule has 0 unspecified atom stereocenters. The highest BCUT2D eigenvalue weighted by atomic mass is 16.2. The lowest BCUT2D eigenvalue weighted by molar-refractivity contribution is -0.140. The topological polar surface area (TPSA) is 36.4 Å². The maximum absolute atomic E-state index is 13.0. The largest absolute Gasteiger partial charge is 0.353 e. The summed E-state index contributed by atoms with van der Waals surface area (Å²) in [5.41, 5.74) is 0.831. The van der Waals surface area contributed by atoms with Crippen molar-refractivity contribution in [2.75, 3.05) is 31.1 Å². The van der Waals surface area contributed by atoms with Gasteiger partial charge in [0, 0.05) is 37.8 Å². The fourth-order valence-electron chi connectivity index (χ4n) is 3.29. The minimum atomic E-state index is -0.380. The Morgan fingerprint density at radius 1 is 1.00 bits per heavy atom. The number of aromatic nitrogens is 1. The van der Waals surface area contributed by atoms with Gasteiger partial charge < -0.3 is 9.80 Å². The molecular formula is C20H25N3O. The zero-order chi connectivity index (χ0) is 17.0. The molecule has 0 N–H and O–H groups in total. The second kappa shape index (κ2) is 7.04. The number of anilines is 1. The number of benzene rings is 1. The van der Waals surface area contributed by atoms with E-state index in [4.69, 9.17) is 0 Å². The molecule has 1 aromatic heterocycles. The third-order valence-corrected chi connectivity index (χ3v) is 4.61. The lowest BCUT2D eigenvalue weighted by Crippen LogP contribution is -2.52. The van der Waals surface area contributed by atoms with E-state index in [0.717, 1.165) is 38.4 Å². The number of amides is 1. The van der Waals surface area contributed by atoms with Gasteiger partial charge in [0.15, 0.2) is 0 Å². The first-order valence-corrected chi connectivity index (χ1v) is 8.55. The van der Waals surface area contributed by atoms with Crippen LogP contribution in [0, 0.1) is 5.41 Å². The van der Waals surface area contributed by atoms with Gasteiger partial charge >= 0.3 is 0 Å². The second-order valence-corrected chi connectivity index (χ2v) is 7.01. The van der Waals surface area contributed by atoms with Crippen LogP contribution in [0.25, 0.3) is 0 Å². The number of carbonyl (C=O) groups excluding carboxylic acids is 1. The molecule has 0 atom stereocenters. The number of carbonyl (C=O) groups is 1. The predicted molar refractivity (Wildman–Crippen MR) is 97.0 cm³/mol. The summed E-state index contributed by atoms with van der Waals surface area (Å²) in [5.74, 6) is 1.24. The Kier molecular flexibility index (Phi) is 4.84. The first-order valence-electron chi connectivity index (χ1n) is 8.55. The van der Waals surface area contributed by atoms with E-state index in [1.807, 2.05) is 61.3 Å². The summed E-state index contributed by atoms with van der Waals surface area (Å²) in [4.78, 5) is 21.6. The second-order valence-electron chi connectivity index (χ2n) is 7.01. The molecule has 0 radical (unpaired) electrons. The molecule has 4 heteroatoms. The lowest BCUT2D eigenvalue weighted by atomic mass is 9.84. The lowest BCUT2D eigenvalue weighted by Gasteiger charge is -2.39. The van der Waals surface area contributed by atoms with Gasteiger partial charge in [0.1, 0.15) is 5.82 Å². The van der Waals surface area contributed by atoms with Gasteiger partial charge in [0.25, 0.3) is 0 Å². The summed E-state index contributed by atoms with van der Waals surface area (Å²) in [5, 5.41) is 0. The number of piperazine rings is 1. The molecule has 1 amide bonds. The highest BCUT2D eigenvalue weighted by Crippen LogP contribution is 2.26. The van der Waals surface area contributed by atoms with Crippen LogP contribution in [0.3, 0.4) is 0 Å². The van der Waals surface area contributed by atoms with Crippen LogP contribution in [0.1, 0.15) is 19.4 Å². The van der Waals surface area contributed by atoms with Gasteiger partial charge in [-0.05, 0) is 24.1 Å². The van der Waals surface area contributed by atoms with Crippen LogP contribution in [0.5, 0.6) is 0 Å². The van der Waals surface area contributed by atoms with E-state index in [2.05, 4.69) is 22.0 Å². The van der Waals surface area contributed by atoms with E-state index in [9.17, 15) is 4.79 Å². The Bertz CT molecular complexity index is 662. The molecule has 0 spiro atoms. The zero-order valence-electron chi connectivity index (χ0n) is 14.5. The van der Waals surface area contributed by atoms with E-state index in [1.165, 1.54) is 5.56 Å². The molecule has 1 fully saturated rings. The Hall–Kier alpha value is -2.36. The van der Waals surface area contributed by atoms with Crippen molar-refractivity contribution in [2.24, 2.45) is 5.41 Å². The highest BCUT2D eigenvalue weighted by Gasteiger charge is 2.33. The quantitative estimate of drug-likeness (QED) is 0.868. The van der Waals surface area contributed by atoms with Gasteiger partial charge in [-0.1, -0.05) is 50.2 Å². The van der Waals surface area contributed by atoms with Crippen LogP contribution in [-0.2, 0) is 11.2 Å². The van der Waals surface area contributed by atoms with Crippen molar-refractivity contribution in [2.45, 2.75) is 20.3 Å². The number of hydrogen-bond acceptors (Lipinski definition) is 3. The fraction of sp³-hybridized carbons (Fsp3) is 0.400. The van der Waals surface area contributed by atoms with Gasteiger partial charge in [0.2, 0.25) is 5.91 Å². The molecular weight excluding hydrogens is 298 g/mol. The number of pyridine rings is 1. The van der Waals surface area contributed by atoms with Crippen molar-refractivity contribution < 1.29 is 4.79 Å². The van der Waals surface area contributed by atoms with Crippen LogP contribution >= 0.6 is 0 Å². The first kappa shape index (κ1) is 16.5. The summed E-state index contributed by atoms with van der Waals surface area (Å²) in [6.07, 6.45) is 2.59. The van der Waals surface area contributed by atoms with Crippen LogP contribution in [0.2, 0.25) is 0 Å². The van der Waals surface area contributed by atoms with Crippen molar-refractivity contribution in [3.8, 4) is 0 Å². The van der Waals surface area contributed by atoms with Crippen molar-refractivity contribution in [1.29, 1.82) is 0 Å². The minimum absolute atomic E-state index is 0.243. The van der Waals surface area contributed by atoms with Gasteiger partial charge in [-0.2, -0.15) is 0 Å². The molecule has 3 rings (SSSR count). The monoisotopic (exact) mass is 323 g/mol. The van der Waals surface area contributed by atoms with Gasteiger partial charge in [-0.25, -0.2) is 4.98 Å².